The second-order valence-electron chi connectivity index (χ2n) is 11.7. The van der Waals surface area contributed by atoms with Crippen LogP contribution in [0.2, 0.25) is 0 Å². The molecule has 2 aromatic carbocycles. The highest BCUT2D eigenvalue weighted by Crippen LogP contribution is 2.55. The van der Waals surface area contributed by atoms with E-state index >= 15 is 0 Å². The van der Waals surface area contributed by atoms with Crippen molar-refractivity contribution in [3.8, 4) is 0 Å². The summed E-state index contributed by atoms with van der Waals surface area (Å²) >= 11 is 0. The summed E-state index contributed by atoms with van der Waals surface area (Å²) in [7, 11) is 7.19. The minimum Gasteiger partial charge on any atom is -0.338 e. The van der Waals surface area contributed by atoms with E-state index in [1.165, 1.54) is 28.9 Å². The quantitative estimate of drug-likeness (QED) is 0.456. The smallest absolute Gasteiger partial charge is 0.277 e. The highest BCUT2D eigenvalue weighted by atomic mass is 32.2. The molecule has 13 heteroatoms. The molecular weight excluding hydrogens is 544 g/mol. The van der Waals surface area contributed by atoms with Crippen LogP contribution in [0.4, 0.5) is 20.4 Å². The van der Waals surface area contributed by atoms with Crippen LogP contribution >= 0.6 is 0 Å². The Hall–Kier alpha value is -3.02. The molecule has 0 amide bonds. The maximum atomic E-state index is 14.5. The summed E-state index contributed by atoms with van der Waals surface area (Å²) in [5.41, 5.74) is 2.82. The lowest BCUT2D eigenvalue weighted by Gasteiger charge is -2.45. The summed E-state index contributed by atoms with van der Waals surface area (Å²) in [4.78, 5) is 12.8. The lowest BCUT2D eigenvalue weighted by atomic mass is 9.56. The van der Waals surface area contributed by atoms with Crippen LogP contribution in [0.1, 0.15) is 48.5 Å². The van der Waals surface area contributed by atoms with Gasteiger partial charge in [0.25, 0.3) is 10.0 Å². The first-order chi connectivity index (χ1) is 19.5. The molecule has 2 aliphatic heterocycles. The molecule has 4 radical (unpaired) electrons. The molecule has 3 aromatic rings. The number of aryl methyl sites for hydroxylation is 1. The molecule has 208 valence electrons. The van der Waals surface area contributed by atoms with E-state index in [1.807, 2.05) is 25.1 Å². The maximum Gasteiger partial charge on any atom is 0.277 e. The zero-order valence-corrected chi connectivity index (χ0v) is 23.4. The highest BCUT2D eigenvalue weighted by Gasteiger charge is 2.57. The molecule has 1 saturated heterocycles. The molecule has 1 aromatic heterocycles. The first-order valence-electron chi connectivity index (χ1n) is 13.7. The Bertz CT molecular complexity index is 1610. The number of hydrazine groups is 1. The summed E-state index contributed by atoms with van der Waals surface area (Å²) in [6.45, 7) is 3.89. The Kier molecular flexibility index (Phi) is 5.89. The number of alkyl halides is 1. The van der Waals surface area contributed by atoms with E-state index in [4.69, 9.17) is 15.7 Å². The Morgan fingerprint density at radius 1 is 1.02 bits per heavy atom. The van der Waals surface area contributed by atoms with E-state index in [1.54, 1.807) is 12.1 Å². The Morgan fingerprint density at radius 3 is 2.32 bits per heavy atom. The van der Waals surface area contributed by atoms with Gasteiger partial charge in [0.05, 0.1) is 23.0 Å². The van der Waals surface area contributed by atoms with E-state index in [2.05, 4.69) is 25.2 Å². The first-order valence-corrected chi connectivity index (χ1v) is 15.2. The number of aromatic nitrogens is 2. The van der Waals surface area contributed by atoms with Gasteiger partial charge in [-0.15, -0.1) is 0 Å². The monoisotopic (exact) mass is 572 g/mol. The van der Waals surface area contributed by atoms with Gasteiger partial charge in [-0.2, -0.15) is 18.3 Å². The van der Waals surface area contributed by atoms with Crippen molar-refractivity contribution in [1.29, 1.82) is 0 Å². The SMILES string of the molecule is [B]C([B])(F)C1(c2ccc(S(=O)(=O)N3NC(N4CCN(c5ncc(F)cn5)CC45CC5)c4c(C)cccc43)cc2)CC1. The molecule has 1 atom stereocenters. The van der Waals surface area contributed by atoms with Gasteiger partial charge < -0.3 is 4.90 Å². The average molecular weight is 572 g/mol. The Morgan fingerprint density at radius 2 is 1.71 bits per heavy atom. The normalized spacial score (nSPS) is 23.0. The number of piperazine rings is 1. The number of fused-ring (bicyclic) bond motifs is 1. The van der Waals surface area contributed by atoms with Gasteiger partial charge in [0.2, 0.25) is 5.95 Å². The number of nitrogens with one attached hydrogen (secondary N) is 1. The van der Waals surface area contributed by atoms with Crippen LogP contribution in [0.3, 0.4) is 0 Å². The number of halogens is 2. The third-order valence-corrected chi connectivity index (χ3v) is 10.8. The summed E-state index contributed by atoms with van der Waals surface area (Å²) in [5.74, 6) is 0.0104. The van der Waals surface area contributed by atoms with E-state index in [0.29, 0.717) is 49.7 Å². The largest absolute Gasteiger partial charge is 0.338 e. The molecule has 1 N–H and O–H groups in total. The van der Waals surface area contributed by atoms with Crippen LogP contribution in [0.25, 0.3) is 0 Å². The number of nitrogens with zero attached hydrogens (tertiary/aromatic N) is 5. The number of benzene rings is 2. The van der Waals surface area contributed by atoms with E-state index < -0.39 is 26.7 Å². The fourth-order valence-corrected chi connectivity index (χ4v) is 7.91. The van der Waals surface area contributed by atoms with Gasteiger partial charge in [-0.25, -0.2) is 14.4 Å². The maximum absolute atomic E-state index is 14.5. The molecule has 1 spiro atoms. The molecular formula is C28H28B2F2N6O2S. The lowest BCUT2D eigenvalue weighted by Crippen LogP contribution is -2.59. The van der Waals surface area contributed by atoms with E-state index in [9.17, 15) is 17.2 Å². The van der Waals surface area contributed by atoms with Crippen molar-refractivity contribution in [3.05, 3.63) is 77.4 Å². The molecule has 2 aliphatic carbocycles. The number of rotatable bonds is 6. The zero-order chi connectivity index (χ0) is 28.8. The topological polar surface area (TPSA) is 81.7 Å². The summed E-state index contributed by atoms with van der Waals surface area (Å²) in [6, 6.07) is 11.8. The number of anilines is 2. The van der Waals surface area contributed by atoms with Crippen molar-refractivity contribution in [2.45, 2.75) is 60.1 Å². The Balaban J connectivity index is 1.18. The Labute approximate surface area is 241 Å². The number of sulfonamides is 1. The molecule has 7 rings (SSSR count). The number of hydrogen-bond donors (Lipinski definition) is 1. The van der Waals surface area contributed by atoms with Crippen molar-refractivity contribution in [1.82, 2.24) is 20.3 Å². The van der Waals surface area contributed by atoms with Crippen molar-refractivity contribution in [2.24, 2.45) is 0 Å². The standard InChI is InChI=1S/C28H28B2F2N6O2S/c1-18-3-2-4-22-23(18)24(37-14-13-36(17-26(37)9-10-26)25-33-15-20(31)16-34-25)35-38(22)41(39,40)21-7-5-19(6-8-21)27(11-12-27)28(29,30)32/h2-8,15-16,24,35H,9-14,17H2,1H3. The molecule has 4 aliphatic rings. The van der Waals surface area contributed by atoms with Gasteiger partial charge in [0.15, 0.2) is 5.82 Å². The van der Waals surface area contributed by atoms with Gasteiger partial charge in [-0.1, -0.05) is 24.3 Å². The van der Waals surface area contributed by atoms with Gasteiger partial charge in [0.1, 0.15) is 21.9 Å². The van der Waals surface area contributed by atoms with Crippen LogP contribution in [-0.2, 0) is 15.4 Å². The van der Waals surface area contributed by atoms with Crippen molar-refractivity contribution >= 4 is 37.4 Å². The first kappa shape index (κ1) is 26.9. The second-order valence-corrected chi connectivity index (χ2v) is 13.5. The predicted molar refractivity (Wildman–Crippen MR) is 152 cm³/mol. The van der Waals surface area contributed by atoms with Crippen molar-refractivity contribution in [3.63, 3.8) is 0 Å². The average Bonchev–Trinajstić information content (AvgIpc) is 3.86. The summed E-state index contributed by atoms with van der Waals surface area (Å²) in [6.07, 6.45) is 4.88. The predicted octanol–water partition coefficient (Wildman–Crippen LogP) is 2.98. The molecule has 0 bridgehead atoms. The molecule has 3 fully saturated rings. The van der Waals surface area contributed by atoms with Crippen molar-refractivity contribution < 1.29 is 17.2 Å². The third kappa shape index (κ3) is 4.19. The van der Waals surface area contributed by atoms with Crippen LogP contribution < -0.4 is 14.7 Å². The minimum absolute atomic E-state index is 0.0792. The third-order valence-electron chi connectivity index (χ3n) is 9.20. The molecule has 41 heavy (non-hydrogen) atoms. The molecule has 3 heterocycles. The lowest BCUT2D eigenvalue weighted by molar-refractivity contribution is 0.0863. The summed E-state index contributed by atoms with van der Waals surface area (Å²) in [5, 5.41) is 0. The van der Waals surface area contributed by atoms with Crippen LogP contribution in [-0.4, -0.2) is 69.6 Å². The molecule has 2 saturated carbocycles. The highest BCUT2D eigenvalue weighted by molar-refractivity contribution is 7.92. The van der Waals surface area contributed by atoms with Gasteiger partial charge in [0, 0.05) is 41.6 Å². The van der Waals surface area contributed by atoms with Gasteiger partial charge in [-0.3, -0.25) is 9.29 Å². The minimum atomic E-state index is -4.02. The van der Waals surface area contributed by atoms with Crippen LogP contribution in [0, 0.1) is 12.7 Å². The molecule has 1 unspecified atom stereocenters. The van der Waals surface area contributed by atoms with Crippen LogP contribution in [0.5, 0.6) is 0 Å². The van der Waals surface area contributed by atoms with E-state index in [0.717, 1.165) is 24.0 Å². The second kappa shape index (κ2) is 8.99. The van der Waals surface area contributed by atoms with Gasteiger partial charge in [-0.05, 0) is 61.9 Å². The fourth-order valence-electron chi connectivity index (χ4n) is 6.56. The van der Waals surface area contributed by atoms with Crippen molar-refractivity contribution in [2.75, 3.05) is 28.9 Å². The zero-order valence-electron chi connectivity index (χ0n) is 22.6. The molecule has 8 nitrogen and oxygen atoms in total. The van der Waals surface area contributed by atoms with E-state index in [-0.39, 0.29) is 16.6 Å². The number of hydrogen-bond acceptors (Lipinski definition) is 7. The summed E-state index contributed by atoms with van der Waals surface area (Å²) < 4.78 is 57.2. The fraction of sp³-hybridized carbons (Fsp3) is 0.429. The van der Waals surface area contributed by atoms with Gasteiger partial charge >= 0.3 is 0 Å². The van der Waals surface area contributed by atoms with Crippen LogP contribution in [0.15, 0.2) is 59.8 Å².